The summed E-state index contributed by atoms with van der Waals surface area (Å²) in [4.78, 5) is 12.3. The van der Waals surface area contributed by atoms with E-state index in [0.717, 1.165) is 37.6 Å². The van der Waals surface area contributed by atoms with E-state index in [4.69, 9.17) is 13.9 Å². The van der Waals surface area contributed by atoms with Crippen molar-refractivity contribution < 1.29 is 18.7 Å². The number of carbonyl (C=O) groups is 1. The fraction of sp³-hybridized carbons (Fsp3) is 0.476. The van der Waals surface area contributed by atoms with E-state index in [1.165, 1.54) is 5.56 Å². The second-order valence-electron chi connectivity index (χ2n) is 6.71. The SMILES string of the molecule is CCOc1ccc(C2(CNC(=O)CCc3ccco3)CCOCC2)cc1. The standard InChI is InChI=1S/C21H27NO4/c1-2-25-19-7-5-17(6-8-19)21(11-14-24-15-12-21)16-22-20(23)10-9-18-4-3-13-26-18/h3-8,13H,2,9-12,14-16H2,1H3,(H,22,23). The maximum Gasteiger partial charge on any atom is 0.220 e. The van der Waals surface area contributed by atoms with Gasteiger partial charge >= 0.3 is 0 Å². The maximum absolute atomic E-state index is 12.3. The summed E-state index contributed by atoms with van der Waals surface area (Å²) in [5, 5.41) is 3.13. The maximum atomic E-state index is 12.3. The van der Waals surface area contributed by atoms with E-state index in [0.29, 0.717) is 26.0 Å². The number of ether oxygens (including phenoxy) is 2. The quantitative estimate of drug-likeness (QED) is 0.786. The molecule has 0 spiro atoms. The van der Waals surface area contributed by atoms with Crippen molar-refractivity contribution in [1.29, 1.82) is 0 Å². The van der Waals surface area contributed by atoms with Crippen LogP contribution in [-0.2, 0) is 21.4 Å². The minimum atomic E-state index is -0.0800. The highest BCUT2D eigenvalue weighted by molar-refractivity contribution is 5.76. The zero-order chi connectivity index (χ0) is 18.2. The first-order chi connectivity index (χ1) is 12.7. The molecule has 2 heterocycles. The lowest BCUT2D eigenvalue weighted by atomic mass is 9.74. The van der Waals surface area contributed by atoms with Gasteiger partial charge in [0.25, 0.3) is 0 Å². The fourth-order valence-corrected chi connectivity index (χ4v) is 3.45. The zero-order valence-electron chi connectivity index (χ0n) is 15.3. The molecule has 26 heavy (non-hydrogen) atoms. The molecule has 140 valence electrons. The molecular weight excluding hydrogens is 330 g/mol. The number of rotatable bonds is 8. The van der Waals surface area contributed by atoms with Crippen LogP contribution < -0.4 is 10.1 Å². The first-order valence-electron chi connectivity index (χ1n) is 9.32. The molecule has 0 aliphatic carbocycles. The van der Waals surface area contributed by atoms with Gasteiger partial charge in [0, 0.05) is 38.0 Å². The Morgan fingerprint density at radius 1 is 1.19 bits per heavy atom. The van der Waals surface area contributed by atoms with Crippen molar-refractivity contribution in [2.45, 2.75) is 38.0 Å². The van der Waals surface area contributed by atoms with Gasteiger partial charge in [-0.1, -0.05) is 12.1 Å². The van der Waals surface area contributed by atoms with Crippen molar-refractivity contribution in [2.75, 3.05) is 26.4 Å². The van der Waals surface area contributed by atoms with Crippen LogP contribution in [0.2, 0.25) is 0 Å². The lowest BCUT2D eigenvalue weighted by Crippen LogP contribution is -2.44. The summed E-state index contributed by atoms with van der Waals surface area (Å²) in [7, 11) is 0. The fourth-order valence-electron chi connectivity index (χ4n) is 3.45. The van der Waals surface area contributed by atoms with Crippen molar-refractivity contribution in [3.05, 3.63) is 54.0 Å². The highest BCUT2D eigenvalue weighted by Crippen LogP contribution is 2.35. The highest BCUT2D eigenvalue weighted by Gasteiger charge is 2.34. The van der Waals surface area contributed by atoms with Crippen LogP contribution in [0.1, 0.15) is 37.5 Å². The van der Waals surface area contributed by atoms with E-state index in [1.54, 1.807) is 6.26 Å². The zero-order valence-corrected chi connectivity index (χ0v) is 15.3. The van der Waals surface area contributed by atoms with Crippen LogP contribution in [-0.4, -0.2) is 32.3 Å². The number of nitrogens with one attached hydrogen (secondary N) is 1. The highest BCUT2D eigenvalue weighted by atomic mass is 16.5. The average Bonchev–Trinajstić information content (AvgIpc) is 3.20. The molecule has 1 aliphatic heterocycles. The summed E-state index contributed by atoms with van der Waals surface area (Å²) in [6, 6.07) is 12.0. The van der Waals surface area contributed by atoms with Gasteiger partial charge < -0.3 is 19.2 Å². The van der Waals surface area contributed by atoms with Crippen molar-refractivity contribution in [2.24, 2.45) is 0 Å². The molecule has 1 aromatic carbocycles. The Bertz CT molecular complexity index is 673. The molecule has 1 saturated heterocycles. The van der Waals surface area contributed by atoms with E-state index in [2.05, 4.69) is 17.4 Å². The van der Waals surface area contributed by atoms with Crippen LogP contribution in [0.25, 0.3) is 0 Å². The van der Waals surface area contributed by atoms with Crippen LogP contribution in [0.15, 0.2) is 47.1 Å². The predicted octanol–water partition coefficient (Wildman–Crippen LogP) is 3.48. The van der Waals surface area contributed by atoms with Gasteiger partial charge in [0.2, 0.25) is 5.91 Å². The Labute approximate surface area is 154 Å². The second kappa shape index (κ2) is 8.90. The van der Waals surface area contributed by atoms with Crippen LogP contribution in [0, 0.1) is 0 Å². The summed E-state index contributed by atoms with van der Waals surface area (Å²) in [6.07, 6.45) is 4.50. The molecule has 2 aromatic rings. The van der Waals surface area contributed by atoms with E-state index in [9.17, 15) is 4.79 Å². The number of benzene rings is 1. The van der Waals surface area contributed by atoms with E-state index in [1.807, 2.05) is 31.2 Å². The third-order valence-electron chi connectivity index (χ3n) is 5.03. The minimum Gasteiger partial charge on any atom is -0.494 e. The lowest BCUT2D eigenvalue weighted by Gasteiger charge is -2.38. The molecular formula is C21H27NO4. The van der Waals surface area contributed by atoms with Gasteiger partial charge in [-0.3, -0.25) is 4.79 Å². The summed E-state index contributed by atoms with van der Waals surface area (Å²) < 4.78 is 16.4. The molecule has 5 nitrogen and oxygen atoms in total. The first-order valence-corrected chi connectivity index (χ1v) is 9.32. The van der Waals surface area contributed by atoms with Gasteiger partial charge in [0.05, 0.1) is 12.9 Å². The van der Waals surface area contributed by atoms with Gasteiger partial charge in [-0.25, -0.2) is 0 Å². The number of amides is 1. The third-order valence-corrected chi connectivity index (χ3v) is 5.03. The smallest absolute Gasteiger partial charge is 0.220 e. The molecule has 1 aliphatic rings. The molecule has 1 aromatic heterocycles. The van der Waals surface area contributed by atoms with Crippen molar-refractivity contribution in [3.8, 4) is 5.75 Å². The monoisotopic (exact) mass is 357 g/mol. The average molecular weight is 357 g/mol. The van der Waals surface area contributed by atoms with Crippen molar-refractivity contribution in [3.63, 3.8) is 0 Å². The normalized spacial score (nSPS) is 16.2. The van der Waals surface area contributed by atoms with Gasteiger partial charge in [0.1, 0.15) is 11.5 Å². The Kier molecular flexibility index (Phi) is 6.34. The van der Waals surface area contributed by atoms with E-state index >= 15 is 0 Å². The Balaban J connectivity index is 1.62. The molecule has 0 atom stereocenters. The van der Waals surface area contributed by atoms with Crippen LogP contribution in [0.5, 0.6) is 5.75 Å². The molecule has 1 amide bonds. The third kappa shape index (κ3) is 4.67. The molecule has 3 rings (SSSR count). The first kappa shape index (κ1) is 18.5. The predicted molar refractivity (Wildman–Crippen MR) is 99.4 cm³/mol. The lowest BCUT2D eigenvalue weighted by molar-refractivity contribution is -0.121. The summed E-state index contributed by atoms with van der Waals surface area (Å²) in [5.41, 5.74) is 1.15. The van der Waals surface area contributed by atoms with Gasteiger partial charge in [0.15, 0.2) is 0 Å². The largest absolute Gasteiger partial charge is 0.494 e. The number of aryl methyl sites for hydroxylation is 1. The number of furan rings is 1. The van der Waals surface area contributed by atoms with Crippen molar-refractivity contribution in [1.82, 2.24) is 5.32 Å². The summed E-state index contributed by atoms with van der Waals surface area (Å²) in [5.74, 6) is 1.77. The van der Waals surface area contributed by atoms with Crippen LogP contribution in [0.4, 0.5) is 0 Å². The molecule has 0 bridgehead atoms. The minimum absolute atomic E-state index is 0.0539. The second-order valence-corrected chi connectivity index (χ2v) is 6.71. The molecule has 0 radical (unpaired) electrons. The molecule has 0 saturated carbocycles. The van der Waals surface area contributed by atoms with Crippen LogP contribution >= 0.6 is 0 Å². The Hall–Kier alpha value is -2.27. The topological polar surface area (TPSA) is 60.7 Å². The van der Waals surface area contributed by atoms with Gasteiger partial charge in [-0.2, -0.15) is 0 Å². The van der Waals surface area contributed by atoms with E-state index in [-0.39, 0.29) is 11.3 Å². The van der Waals surface area contributed by atoms with Crippen LogP contribution in [0.3, 0.4) is 0 Å². The molecule has 0 unspecified atom stereocenters. The number of hydrogen-bond acceptors (Lipinski definition) is 4. The molecule has 5 heteroatoms. The van der Waals surface area contributed by atoms with E-state index < -0.39 is 0 Å². The number of carbonyl (C=O) groups excluding carboxylic acids is 1. The summed E-state index contributed by atoms with van der Waals surface area (Å²) >= 11 is 0. The van der Waals surface area contributed by atoms with Gasteiger partial charge in [-0.15, -0.1) is 0 Å². The summed E-state index contributed by atoms with van der Waals surface area (Å²) in [6.45, 7) is 4.70. The van der Waals surface area contributed by atoms with Crippen molar-refractivity contribution >= 4 is 5.91 Å². The molecule has 1 fully saturated rings. The Morgan fingerprint density at radius 2 is 1.96 bits per heavy atom. The van der Waals surface area contributed by atoms with Gasteiger partial charge in [-0.05, 0) is 49.6 Å². The molecule has 1 N–H and O–H groups in total. The Morgan fingerprint density at radius 3 is 2.62 bits per heavy atom. The number of hydrogen-bond donors (Lipinski definition) is 1.